The zero-order chi connectivity index (χ0) is 22.8. The molecule has 3 heterocycles. The molecule has 1 aromatic carbocycles. The Balaban J connectivity index is 1.29. The average Bonchev–Trinajstić information content (AvgIpc) is 3.48. The van der Waals surface area contributed by atoms with Gasteiger partial charge in [0.05, 0.1) is 25.5 Å². The van der Waals surface area contributed by atoms with Crippen molar-refractivity contribution in [1.29, 1.82) is 0 Å². The van der Waals surface area contributed by atoms with E-state index < -0.39 is 0 Å². The minimum atomic E-state index is -0.289. The molecule has 2 unspecified atom stereocenters. The highest BCUT2D eigenvalue weighted by Crippen LogP contribution is 2.47. The zero-order valence-corrected chi connectivity index (χ0v) is 18.3. The van der Waals surface area contributed by atoms with Gasteiger partial charge in [-0.1, -0.05) is 29.4 Å². The Kier molecular flexibility index (Phi) is 5.70. The van der Waals surface area contributed by atoms with Crippen molar-refractivity contribution >= 4 is 0 Å². The molecular formula is C24H23N5O4. The van der Waals surface area contributed by atoms with Crippen molar-refractivity contribution in [1.82, 2.24) is 25.1 Å². The van der Waals surface area contributed by atoms with E-state index in [-0.39, 0.29) is 12.5 Å². The smallest absolute Gasteiger partial charge is 0.252 e. The lowest BCUT2D eigenvalue weighted by atomic mass is 10.1. The summed E-state index contributed by atoms with van der Waals surface area (Å²) in [4.78, 5) is 17.5. The summed E-state index contributed by atoms with van der Waals surface area (Å²) in [7, 11) is 1.64. The molecule has 3 aromatic heterocycles. The number of rotatable bonds is 8. The minimum Gasteiger partial charge on any atom is -0.495 e. The van der Waals surface area contributed by atoms with Crippen molar-refractivity contribution in [3.63, 3.8) is 0 Å². The number of methoxy groups -OCH3 is 1. The van der Waals surface area contributed by atoms with E-state index >= 15 is 0 Å². The fraction of sp³-hybridized carbons (Fsp3) is 0.292. The largest absolute Gasteiger partial charge is 0.495 e. The van der Waals surface area contributed by atoms with Crippen molar-refractivity contribution in [3.8, 4) is 34.1 Å². The monoisotopic (exact) mass is 445 g/mol. The molecule has 1 saturated carbocycles. The molecule has 0 saturated heterocycles. The van der Waals surface area contributed by atoms with Gasteiger partial charge in [-0.15, -0.1) is 0 Å². The van der Waals surface area contributed by atoms with Crippen molar-refractivity contribution < 1.29 is 19.1 Å². The lowest BCUT2D eigenvalue weighted by Crippen LogP contribution is -2.05. The summed E-state index contributed by atoms with van der Waals surface area (Å²) in [6.07, 6.45) is 4.56. The van der Waals surface area contributed by atoms with Crippen LogP contribution >= 0.6 is 0 Å². The molecule has 0 radical (unpaired) electrons. The van der Waals surface area contributed by atoms with E-state index in [2.05, 4.69) is 25.1 Å². The third kappa shape index (κ3) is 4.54. The Morgan fingerprint density at radius 3 is 2.55 bits per heavy atom. The van der Waals surface area contributed by atoms with Gasteiger partial charge in [-0.2, -0.15) is 9.97 Å². The van der Waals surface area contributed by atoms with E-state index in [0.29, 0.717) is 36.0 Å². The number of aliphatic hydroxyl groups is 1. The van der Waals surface area contributed by atoms with Crippen LogP contribution in [0.25, 0.3) is 22.5 Å². The Hall–Kier alpha value is -3.85. The summed E-state index contributed by atoms with van der Waals surface area (Å²) in [6, 6.07) is 11.6. The number of aliphatic hydroxyl groups excluding tert-OH is 1. The van der Waals surface area contributed by atoms with Crippen LogP contribution in [0.1, 0.15) is 29.7 Å². The van der Waals surface area contributed by atoms with E-state index in [1.54, 1.807) is 19.5 Å². The van der Waals surface area contributed by atoms with Gasteiger partial charge in [0, 0.05) is 29.3 Å². The van der Waals surface area contributed by atoms with E-state index in [1.807, 2.05) is 43.3 Å². The molecule has 33 heavy (non-hydrogen) atoms. The second kappa shape index (κ2) is 8.95. The van der Waals surface area contributed by atoms with Crippen LogP contribution in [0.5, 0.6) is 11.6 Å². The lowest BCUT2D eigenvalue weighted by molar-refractivity contribution is 0.222. The van der Waals surface area contributed by atoms with Crippen LogP contribution < -0.4 is 9.47 Å². The van der Waals surface area contributed by atoms with Crippen molar-refractivity contribution in [3.05, 3.63) is 66.2 Å². The topological polar surface area (TPSA) is 116 Å². The molecule has 0 spiro atoms. The molecule has 1 aliphatic rings. The predicted octanol–water partition coefficient (Wildman–Crippen LogP) is 3.58. The molecule has 0 bridgehead atoms. The second-order valence-corrected chi connectivity index (χ2v) is 7.92. The molecule has 5 rings (SSSR count). The number of nitrogens with zero attached hydrogens (tertiary/aromatic N) is 5. The first-order valence-corrected chi connectivity index (χ1v) is 10.6. The van der Waals surface area contributed by atoms with Crippen LogP contribution in [0.15, 0.2) is 53.3 Å². The van der Waals surface area contributed by atoms with Gasteiger partial charge in [0.2, 0.25) is 11.7 Å². The quantitative estimate of drug-likeness (QED) is 0.434. The van der Waals surface area contributed by atoms with Crippen LogP contribution in [0.3, 0.4) is 0 Å². The Morgan fingerprint density at radius 1 is 1.03 bits per heavy atom. The maximum atomic E-state index is 9.11. The van der Waals surface area contributed by atoms with E-state index in [0.717, 1.165) is 34.6 Å². The van der Waals surface area contributed by atoms with Gasteiger partial charge in [-0.25, -0.2) is 4.98 Å². The Labute approximate surface area is 190 Å². The van der Waals surface area contributed by atoms with Gasteiger partial charge in [-0.05, 0) is 31.0 Å². The number of hydrogen-bond acceptors (Lipinski definition) is 9. The normalized spacial score (nSPS) is 17.1. The standard InChI is InChI=1S/C24H23N5O4/c1-14-25-11-20(15-3-5-16(6-4-15)23-28-22(12-30)33-29-23)24(27-14)32-13-17-9-19(17)21-8-7-18(31-2)10-26-21/h3-8,10-11,17,19,30H,9,12-13H2,1-2H3. The Morgan fingerprint density at radius 2 is 1.85 bits per heavy atom. The van der Waals surface area contributed by atoms with Gasteiger partial charge in [0.25, 0.3) is 5.89 Å². The Bertz CT molecular complexity index is 1240. The fourth-order valence-electron chi connectivity index (χ4n) is 3.70. The van der Waals surface area contributed by atoms with Gasteiger partial charge >= 0.3 is 0 Å². The molecule has 9 nitrogen and oxygen atoms in total. The highest BCUT2D eigenvalue weighted by atomic mass is 16.5. The summed E-state index contributed by atoms with van der Waals surface area (Å²) >= 11 is 0. The van der Waals surface area contributed by atoms with Gasteiger partial charge < -0.3 is 19.1 Å². The van der Waals surface area contributed by atoms with Gasteiger partial charge in [0.1, 0.15) is 18.2 Å². The van der Waals surface area contributed by atoms with Gasteiger partial charge in [0.15, 0.2) is 0 Å². The third-order valence-electron chi connectivity index (χ3n) is 5.66. The van der Waals surface area contributed by atoms with Crippen molar-refractivity contribution in [2.24, 2.45) is 5.92 Å². The molecule has 168 valence electrons. The third-order valence-corrected chi connectivity index (χ3v) is 5.66. The summed E-state index contributed by atoms with van der Waals surface area (Å²) < 4.78 is 16.3. The molecular weight excluding hydrogens is 422 g/mol. The SMILES string of the molecule is COc1ccc(C2CC2COc2nc(C)ncc2-c2ccc(-c3noc(CO)n3)cc2)nc1. The molecule has 2 atom stereocenters. The van der Waals surface area contributed by atoms with E-state index in [9.17, 15) is 0 Å². The van der Waals surface area contributed by atoms with E-state index in [4.69, 9.17) is 19.1 Å². The minimum absolute atomic E-state index is 0.180. The predicted molar refractivity (Wildman–Crippen MR) is 119 cm³/mol. The number of ether oxygens (including phenoxy) is 2. The maximum Gasteiger partial charge on any atom is 0.252 e. The highest BCUT2D eigenvalue weighted by molar-refractivity contribution is 5.70. The molecule has 4 aromatic rings. The first-order valence-electron chi connectivity index (χ1n) is 10.6. The van der Waals surface area contributed by atoms with Crippen LogP contribution in [0, 0.1) is 12.8 Å². The van der Waals surface area contributed by atoms with Crippen LogP contribution in [-0.4, -0.2) is 43.9 Å². The lowest BCUT2D eigenvalue weighted by Gasteiger charge is -2.11. The summed E-state index contributed by atoms with van der Waals surface area (Å²) in [6.45, 7) is 2.12. The first kappa shape index (κ1) is 21.0. The van der Waals surface area contributed by atoms with Crippen LogP contribution in [0.4, 0.5) is 0 Å². The number of hydrogen-bond donors (Lipinski definition) is 1. The van der Waals surface area contributed by atoms with Crippen molar-refractivity contribution in [2.45, 2.75) is 25.9 Å². The molecule has 0 amide bonds. The highest BCUT2D eigenvalue weighted by Gasteiger charge is 2.40. The summed E-state index contributed by atoms with van der Waals surface area (Å²) in [5.74, 6) is 3.36. The molecule has 1 N–H and O–H groups in total. The van der Waals surface area contributed by atoms with Crippen molar-refractivity contribution in [2.75, 3.05) is 13.7 Å². The fourth-order valence-corrected chi connectivity index (χ4v) is 3.70. The molecule has 9 heteroatoms. The van der Waals surface area contributed by atoms with E-state index in [1.165, 1.54) is 0 Å². The number of aryl methyl sites for hydroxylation is 1. The zero-order valence-electron chi connectivity index (χ0n) is 18.3. The molecule has 1 fully saturated rings. The van der Waals surface area contributed by atoms with Crippen LogP contribution in [0.2, 0.25) is 0 Å². The first-order chi connectivity index (χ1) is 16.1. The maximum absolute atomic E-state index is 9.11. The second-order valence-electron chi connectivity index (χ2n) is 7.92. The van der Waals surface area contributed by atoms with Gasteiger partial charge in [-0.3, -0.25) is 4.98 Å². The number of pyridine rings is 1. The summed E-state index contributed by atoms with van der Waals surface area (Å²) in [5.41, 5.74) is 3.58. The van der Waals surface area contributed by atoms with Crippen LogP contribution in [-0.2, 0) is 6.61 Å². The number of aromatic nitrogens is 5. The number of benzene rings is 1. The molecule has 1 aliphatic carbocycles. The average molecular weight is 445 g/mol. The summed E-state index contributed by atoms with van der Waals surface area (Å²) in [5, 5.41) is 13.0. The molecule has 0 aliphatic heterocycles.